The molecule has 0 amide bonds. The van der Waals surface area contributed by atoms with E-state index in [1.54, 1.807) is 0 Å². The van der Waals surface area contributed by atoms with Gasteiger partial charge in [0, 0.05) is 30.3 Å². The van der Waals surface area contributed by atoms with Gasteiger partial charge in [0.25, 0.3) is 0 Å². The van der Waals surface area contributed by atoms with Crippen molar-refractivity contribution in [3.63, 3.8) is 0 Å². The average Bonchev–Trinajstić information content (AvgIpc) is 2.55. The maximum absolute atomic E-state index is 4.96. The van der Waals surface area contributed by atoms with Gasteiger partial charge in [-0.2, -0.15) is 0 Å². The highest BCUT2D eigenvalue weighted by Crippen LogP contribution is 2.46. The first kappa shape index (κ1) is 12.0. The number of aromatic nitrogens is 1. The molecule has 2 heteroatoms. The fraction of sp³-hybridized carbons (Fsp3) is 0.389. The van der Waals surface area contributed by atoms with Gasteiger partial charge in [-0.1, -0.05) is 37.3 Å². The predicted molar refractivity (Wildman–Crippen MR) is 83.2 cm³/mol. The molecule has 5 rings (SSSR count). The van der Waals surface area contributed by atoms with Crippen molar-refractivity contribution in [2.24, 2.45) is 0 Å². The molecule has 3 aliphatic rings. The summed E-state index contributed by atoms with van der Waals surface area (Å²) in [5.41, 5.74) is 6.72. The Morgan fingerprint density at radius 1 is 1.15 bits per heavy atom. The Morgan fingerprint density at radius 2 is 1.90 bits per heavy atom. The first-order chi connectivity index (χ1) is 9.86. The van der Waals surface area contributed by atoms with Crippen LogP contribution in [0.2, 0.25) is 0 Å². The van der Waals surface area contributed by atoms with Crippen molar-refractivity contribution < 1.29 is 0 Å². The number of aryl methyl sites for hydroxylation is 1. The van der Waals surface area contributed by atoms with Crippen molar-refractivity contribution in [3.05, 3.63) is 47.8 Å². The molecule has 1 fully saturated rings. The summed E-state index contributed by atoms with van der Waals surface area (Å²) in [5.74, 6) is 0.684. The molecule has 0 atom stereocenters. The second-order valence-electron chi connectivity index (χ2n) is 5.88. The zero-order chi connectivity index (χ0) is 13.5. The molecule has 0 saturated carbocycles. The third-order valence-electron chi connectivity index (χ3n) is 4.72. The molecular formula is C18H20N2. The zero-order valence-corrected chi connectivity index (χ0v) is 12.0. The Hall–Kier alpha value is -1.83. The highest BCUT2D eigenvalue weighted by atomic mass is 15.2. The lowest BCUT2D eigenvalue weighted by Crippen LogP contribution is -2.39. The second kappa shape index (κ2) is 4.62. The van der Waals surface area contributed by atoms with Crippen LogP contribution in [0.3, 0.4) is 0 Å². The van der Waals surface area contributed by atoms with Crippen LogP contribution >= 0.6 is 0 Å². The van der Waals surface area contributed by atoms with Crippen molar-refractivity contribution in [1.29, 1.82) is 0 Å². The monoisotopic (exact) mass is 264 g/mol. The number of pyridine rings is 1. The van der Waals surface area contributed by atoms with Crippen molar-refractivity contribution in [1.82, 2.24) is 4.98 Å². The SMILES string of the molecule is CCc1cc(-c2ccccc2)c2c(n1)C1CCN2CC1. The Morgan fingerprint density at radius 3 is 2.60 bits per heavy atom. The van der Waals surface area contributed by atoms with Gasteiger partial charge in [0.1, 0.15) is 0 Å². The molecule has 3 aliphatic heterocycles. The maximum Gasteiger partial charge on any atom is 0.0678 e. The Kier molecular flexibility index (Phi) is 2.76. The quantitative estimate of drug-likeness (QED) is 0.814. The molecular weight excluding hydrogens is 244 g/mol. The van der Waals surface area contributed by atoms with Crippen LogP contribution in [0, 0.1) is 0 Å². The summed E-state index contributed by atoms with van der Waals surface area (Å²) >= 11 is 0. The number of piperidine rings is 1. The largest absolute Gasteiger partial charge is 0.370 e. The van der Waals surface area contributed by atoms with Gasteiger partial charge in [-0.15, -0.1) is 0 Å². The first-order valence-electron chi connectivity index (χ1n) is 7.71. The maximum atomic E-state index is 4.96. The van der Waals surface area contributed by atoms with Gasteiger partial charge in [-0.3, -0.25) is 4.98 Å². The van der Waals surface area contributed by atoms with E-state index in [4.69, 9.17) is 4.98 Å². The summed E-state index contributed by atoms with van der Waals surface area (Å²) in [6.45, 7) is 4.60. The number of nitrogens with zero attached hydrogens (tertiary/aromatic N) is 2. The van der Waals surface area contributed by atoms with E-state index in [1.807, 2.05) is 0 Å². The molecule has 2 bridgehead atoms. The normalized spacial score (nSPS) is 17.4. The number of hydrogen-bond donors (Lipinski definition) is 0. The smallest absolute Gasteiger partial charge is 0.0678 e. The Balaban J connectivity index is 1.96. The number of benzene rings is 1. The summed E-state index contributed by atoms with van der Waals surface area (Å²) in [6, 6.07) is 13.1. The van der Waals surface area contributed by atoms with Gasteiger partial charge >= 0.3 is 0 Å². The highest BCUT2D eigenvalue weighted by molar-refractivity contribution is 5.82. The molecule has 20 heavy (non-hydrogen) atoms. The molecule has 0 radical (unpaired) electrons. The van der Waals surface area contributed by atoms with Crippen molar-refractivity contribution in [2.75, 3.05) is 18.0 Å². The predicted octanol–water partition coefficient (Wildman–Crippen LogP) is 4.01. The Labute approximate surface area is 120 Å². The molecule has 1 aromatic heterocycles. The molecule has 2 aromatic rings. The summed E-state index contributed by atoms with van der Waals surface area (Å²) in [6.07, 6.45) is 3.57. The van der Waals surface area contributed by atoms with Crippen LogP contribution in [0.5, 0.6) is 0 Å². The van der Waals surface area contributed by atoms with E-state index in [1.165, 1.54) is 54.1 Å². The van der Waals surface area contributed by atoms with Crippen LogP contribution in [0.15, 0.2) is 36.4 Å². The second-order valence-corrected chi connectivity index (χ2v) is 5.88. The summed E-state index contributed by atoms with van der Waals surface area (Å²) in [7, 11) is 0. The van der Waals surface area contributed by atoms with Gasteiger partial charge in [-0.25, -0.2) is 0 Å². The van der Waals surface area contributed by atoms with Gasteiger partial charge < -0.3 is 4.90 Å². The standard InChI is InChI=1S/C18H20N2/c1-2-15-12-16(13-6-4-3-5-7-13)18-17(19-15)14-8-10-20(18)11-9-14/h3-7,12,14H,2,8-11H2,1H3. The number of hydrogen-bond acceptors (Lipinski definition) is 2. The molecule has 4 heterocycles. The fourth-order valence-corrected chi connectivity index (χ4v) is 3.63. The van der Waals surface area contributed by atoms with Crippen molar-refractivity contribution in [3.8, 4) is 11.1 Å². The number of rotatable bonds is 2. The molecule has 0 aliphatic carbocycles. The fourth-order valence-electron chi connectivity index (χ4n) is 3.63. The van der Waals surface area contributed by atoms with E-state index in [0.717, 1.165) is 6.42 Å². The summed E-state index contributed by atoms with van der Waals surface area (Å²) < 4.78 is 0. The number of anilines is 1. The van der Waals surface area contributed by atoms with Crippen LogP contribution in [-0.4, -0.2) is 18.1 Å². The van der Waals surface area contributed by atoms with Crippen LogP contribution in [-0.2, 0) is 6.42 Å². The first-order valence-corrected chi connectivity index (χ1v) is 7.71. The Bertz CT molecular complexity index is 625. The molecule has 102 valence electrons. The van der Waals surface area contributed by atoms with E-state index < -0.39 is 0 Å². The topological polar surface area (TPSA) is 16.1 Å². The van der Waals surface area contributed by atoms with E-state index in [-0.39, 0.29) is 0 Å². The highest BCUT2D eigenvalue weighted by Gasteiger charge is 2.34. The minimum absolute atomic E-state index is 0.684. The van der Waals surface area contributed by atoms with Gasteiger partial charge in [0.15, 0.2) is 0 Å². The lowest BCUT2D eigenvalue weighted by Gasteiger charge is -2.42. The van der Waals surface area contributed by atoms with Crippen molar-refractivity contribution in [2.45, 2.75) is 32.1 Å². The minimum Gasteiger partial charge on any atom is -0.370 e. The zero-order valence-electron chi connectivity index (χ0n) is 12.0. The van der Waals surface area contributed by atoms with Crippen LogP contribution in [0.25, 0.3) is 11.1 Å². The van der Waals surface area contributed by atoms with E-state index in [9.17, 15) is 0 Å². The van der Waals surface area contributed by atoms with Gasteiger partial charge in [-0.05, 0) is 30.9 Å². The molecule has 0 spiro atoms. The van der Waals surface area contributed by atoms with E-state index >= 15 is 0 Å². The summed E-state index contributed by atoms with van der Waals surface area (Å²) in [4.78, 5) is 7.50. The lowest BCUT2D eigenvalue weighted by atomic mass is 9.83. The van der Waals surface area contributed by atoms with Crippen LogP contribution in [0.1, 0.15) is 37.1 Å². The van der Waals surface area contributed by atoms with Crippen LogP contribution < -0.4 is 4.90 Å². The molecule has 2 nitrogen and oxygen atoms in total. The van der Waals surface area contributed by atoms with Gasteiger partial charge in [0.05, 0.1) is 11.4 Å². The molecule has 0 N–H and O–H groups in total. The third kappa shape index (κ3) is 1.75. The van der Waals surface area contributed by atoms with Crippen LogP contribution in [0.4, 0.5) is 5.69 Å². The molecule has 1 saturated heterocycles. The average molecular weight is 264 g/mol. The van der Waals surface area contributed by atoms with Crippen molar-refractivity contribution >= 4 is 5.69 Å². The molecule has 1 aromatic carbocycles. The van der Waals surface area contributed by atoms with Gasteiger partial charge in [0.2, 0.25) is 0 Å². The third-order valence-corrected chi connectivity index (χ3v) is 4.72. The summed E-state index contributed by atoms with van der Waals surface area (Å²) in [5, 5.41) is 0. The lowest BCUT2D eigenvalue weighted by molar-refractivity contribution is 0.463. The minimum atomic E-state index is 0.684. The molecule has 0 unspecified atom stereocenters. The van der Waals surface area contributed by atoms with E-state index in [2.05, 4.69) is 48.2 Å². The number of fused-ring (bicyclic) bond motifs is 2. The van der Waals surface area contributed by atoms with E-state index in [0.29, 0.717) is 5.92 Å².